The predicted octanol–water partition coefficient (Wildman–Crippen LogP) is 6.60. The zero-order chi connectivity index (χ0) is 28.4. The van der Waals surface area contributed by atoms with Crippen molar-refractivity contribution < 1.29 is 28.8 Å². The molecule has 6 fully saturated rings. The molecule has 10 aliphatic rings. The lowest BCUT2D eigenvalue weighted by atomic mass is 9.43. The van der Waals surface area contributed by atoms with Crippen molar-refractivity contribution in [1.82, 2.24) is 0 Å². The van der Waals surface area contributed by atoms with Crippen LogP contribution in [-0.4, -0.2) is 35.5 Å². The fourth-order valence-electron chi connectivity index (χ4n) is 13.2. The quantitative estimate of drug-likeness (QED) is 0.421. The van der Waals surface area contributed by atoms with Crippen LogP contribution in [-0.2, 0) is 25.5 Å². The second-order valence-electron chi connectivity index (χ2n) is 15.5. The highest BCUT2D eigenvalue weighted by molar-refractivity contribution is 5.73. The number of fused-ring (bicyclic) bond motifs is 14. The van der Waals surface area contributed by atoms with E-state index in [1.54, 1.807) is 0 Å². The molecule has 2 saturated heterocycles. The molecule has 1 N–H and O–H groups in total. The average molecular weight is 569 g/mol. The van der Waals surface area contributed by atoms with Crippen LogP contribution >= 0.6 is 0 Å². The molecule has 9 atom stereocenters. The maximum Gasteiger partial charge on any atom is 0.306 e. The van der Waals surface area contributed by atoms with E-state index in [1.165, 1.54) is 12.0 Å². The first kappa shape index (κ1) is 24.8. The summed E-state index contributed by atoms with van der Waals surface area (Å²) < 4.78 is 26.8. The molecule has 6 aliphatic heterocycles. The first-order chi connectivity index (χ1) is 20.2. The predicted molar refractivity (Wildman–Crippen MR) is 153 cm³/mol. The van der Waals surface area contributed by atoms with Gasteiger partial charge in [0.1, 0.15) is 33.9 Å². The Labute approximate surface area is 247 Å². The number of epoxide rings is 2. The molecule has 2 aromatic carbocycles. The Kier molecular flexibility index (Phi) is 4.26. The molecule has 4 aliphatic carbocycles. The Morgan fingerprint density at radius 2 is 1.33 bits per heavy atom. The Bertz CT molecular complexity index is 1530. The van der Waals surface area contributed by atoms with E-state index in [9.17, 15) is 9.90 Å². The highest BCUT2D eigenvalue weighted by atomic mass is 16.6. The van der Waals surface area contributed by atoms with Crippen LogP contribution in [0.1, 0.15) is 82.8 Å². The largest absolute Gasteiger partial charge is 0.494 e. The van der Waals surface area contributed by atoms with Gasteiger partial charge in [-0.1, -0.05) is 38.1 Å². The van der Waals surface area contributed by atoms with Gasteiger partial charge in [0.15, 0.2) is 0 Å². The summed E-state index contributed by atoms with van der Waals surface area (Å²) in [5.74, 6) is 1.22. The first-order valence-corrected chi connectivity index (χ1v) is 16.3. The van der Waals surface area contributed by atoms with Crippen LogP contribution in [0.2, 0.25) is 0 Å². The van der Waals surface area contributed by atoms with E-state index in [4.69, 9.17) is 18.9 Å². The van der Waals surface area contributed by atoms with Crippen LogP contribution in [0.5, 0.6) is 11.5 Å². The summed E-state index contributed by atoms with van der Waals surface area (Å²) in [6.45, 7) is 6.37. The fourth-order valence-corrected chi connectivity index (χ4v) is 13.2. The fraction of sp³-hybridized carbons (Fsp3) is 0.639. The molecular weight excluding hydrogens is 528 g/mol. The van der Waals surface area contributed by atoms with Gasteiger partial charge in [0.2, 0.25) is 0 Å². The number of hydrogen-bond donors (Lipinski definition) is 1. The lowest BCUT2D eigenvalue weighted by Gasteiger charge is -2.59. The van der Waals surface area contributed by atoms with Gasteiger partial charge < -0.3 is 24.1 Å². The number of carboxylic acids is 1. The minimum Gasteiger partial charge on any atom is -0.494 e. The van der Waals surface area contributed by atoms with Crippen LogP contribution in [0, 0.1) is 34.0 Å². The number of aliphatic carboxylic acids is 1. The van der Waals surface area contributed by atoms with Gasteiger partial charge in [-0.05, 0) is 105 Å². The van der Waals surface area contributed by atoms with Gasteiger partial charge in [0, 0.05) is 16.7 Å². The molecule has 6 heteroatoms. The molecule has 0 radical (unpaired) electrons. The van der Waals surface area contributed by atoms with Crippen molar-refractivity contribution >= 4 is 5.97 Å². The molecule has 6 heterocycles. The van der Waals surface area contributed by atoms with E-state index < -0.39 is 17.5 Å². The highest BCUT2D eigenvalue weighted by Crippen LogP contribution is 2.93. The number of carboxylic acid groups (broad SMARTS) is 1. The van der Waals surface area contributed by atoms with Gasteiger partial charge in [-0.3, -0.25) is 4.79 Å². The van der Waals surface area contributed by atoms with Crippen LogP contribution in [0.25, 0.3) is 0 Å². The van der Waals surface area contributed by atoms with Gasteiger partial charge in [-0.2, -0.15) is 0 Å². The topological polar surface area (TPSA) is 80.8 Å². The lowest BCUT2D eigenvalue weighted by Crippen LogP contribution is -2.61. The van der Waals surface area contributed by atoms with Crippen LogP contribution in [0.4, 0.5) is 0 Å². The Balaban J connectivity index is 1.17. The number of hydrogen-bond acceptors (Lipinski definition) is 5. The van der Waals surface area contributed by atoms with E-state index in [1.807, 2.05) is 0 Å². The Morgan fingerprint density at radius 3 is 1.95 bits per heavy atom. The summed E-state index contributed by atoms with van der Waals surface area (Å²) in [6, 6.07) is 17.2. The maximum absolute atomic E-state index is 13.0. The van der Waals surface area contributed by atoms with Crippen molar-refractivity contribution in [3.05, 3.63) is 59.7 Å². The number of benzene rings is 2. The van der Waals surface area contributed by atoms with Gasteiger partial charge in [0.05, 0.1) is 19.1 Å². The number of ether oxygens (including phenoxy) is 4. The normalized spacial score (nSPS) is 48.4. The molecule has 12 rings (SSSR count). The average Bonchev–Trinajstić information content (AvgIpc) is 3.63. The molecule has 0 aromatic heterocycles. The third-order valence-corrected chi connectivity index (χ3v) is 14.7. The summed E-state index contributed by atoms with van der Waals surface area (Å²) >= 11 is 0. The highest BCUT2D eigenvalue weighted by Gasteiger charge is 2.97. The van der Waals surface area contributed by atoms with Crippen molar-refractivity contribution in [2.24, 2.45) is 34.0 Å². The molecule has 0 spiro atoms. The van der Waals surface area contributed by atoms with E-state index >= 15 is 0 Å². The van der Waals surface area contributed by atoms with Gasteiger partial charge in [-0.25, -0.2) is 0 Å². The monoisotopic (exact) mass is 568 g/mol. The van der Waals surface area contributed by atoms with E-state index in [-0.39, 0.29) is 39.0 Å². The van der Waals surface area contributed by atoms with Gasteiger partial charge in [0.25, 0.3) is 0 Å². The second kappa shape index (κ2) is 7.21. The Hall–Kier alpha value is -2.57. The molecule has 42 heavy (non-hydrogen) atoms. The molecule has 6 nitrogen and oxygen atoms in total. The minimum absolute atomic E-state index is 0.0251. The molecule has 9 unspecified atom stereocenters. The van der Waals surface area contributed by atoms with Crippen molar-refractivity contribution in [3.63, 3.8) is 0 Å². The second-order valence-corrected chi connectivity index (χ2v) is 15.5. The maximum atomic E-state index is 13.0. The van der Waals surface area contributed by atoms with Crippen molar-refractivity contribution in [1.29, 1.82) is 0 Å². The minimum atomic E-state index is -0.660. The van der Waals surface area contributed by atoms with Gasteiger partial charge >= 0.3 is 5.97 Å². The summed E-state index contributed by atoms with van der Waals surface area (Å²) in [5.41, 5.74) is 0.505. The Morgan fingerprint density at radius 1 is 0.762 bits per heavy atom. The smallest absolute Gasteiger partial charge is 0.306 e. The van der Waals surface area contributed by atoms with Crippen LogP contribution in [0.3, 0.4) is 0 Å². The third kappa shape index (κ3) is 2.25. The third-order valence-electron chi connectivity index (χ3n) is 14.7. The molecule has 8 bridgehead atoms. The zero-order valence-electron chi connectivity index (χ0n) is 24.6. The molecule has 0 amide bonds. The van der Waals surface area contributed by atoms with Crippen LogP contribution in [0.15, 0.2) is 48.5 Å². The molecule has 2 aromatic rings. The van der Waals surface area contributed by atoms with Crippen molar-refractivity contribution in [2.75, 3.05) is 13.2 Å². The van der Waals surface area contributed by atoms with Crippen molar-refractivity contribution in [3.8, 4) is 11.5 Å². The summed E-state index contributed by atoms with van der Waals surface area (Å²) in [6.07, 6.45) is 8.82. The van der Waals surface area contributed by atoms with Crippen molar-refractivity contribution in [2.45, 2.75) is 94.0 Å². The molecular formula is C36H40O6. The number of rotatable bonds is 3. The van der Waals surface area contributed by atoms with E-state index in [0.29, 0.717) is 25.6 Å². The van der Waals surface area contributed by atoms with Crippen LogP contribution < -0.4 is 9.47 Å². The first-order valence-electron chi connectivity index (χ1n) is 16.3. The standard InChI is InChI=1S/C36H40O6/c1-30(2,31-16-13-24(19-31)35-22-5-9-25(10-6-22)39-17-3-14-33(31,35)41-35)32-20-27(29(37)38)28(21-32)36-23-7-11-26(12-8-23)40-18-4-15-34(32,36)42-36/h5-12,24,27-28H,3-4,13-21H2,1-2H3,(H,37,38). The zero-order valence-corrected chi connectivity index (χ0v) is 24.6. The summed E-state index contributed by atoms with van der Waals surface area (Å²) in [5, 5.41) is 10.7. The summed E-state index contributed by atoms with van der Waals surface area (Å²) in [4.78, 5) is 13.0. The van der Waals surface area contributed by atoms with Gasteiger partial charge in [-0.15, -0.1) is 0 Å². The number of carbonyl (C=O) groups is 1. The lowest BCUT2D eigenvalue weighted by molar-refractivity contribution is -0.151. The molecule has 4 saturated carbocycles. The SMILES string of the molecule is CC(C)(C12CCC(C1)C13OC12CCCOc1ccc3cc1)C12CC(C(=O)O)C(C1)C13OC12CCCOc1ccc3cc1. The summed E-state index contributed by atoms with van der Waals surface area (Å²) in [7, 11) is 0. The molecule has 220 valence electrons. The van der Waals surface area contributed by atoms with E-state index in [0.717, 1.165) is 62.0 Å². The van der Waals surface area contributed by atoms with E-state index in [2.05, 4.69) is 62.4 Å².